The number of amides is 1. The van der Waals surface area contributed by atoms with E-state index in [0.717, 1.165) is 26.1 Å². The molecular weight excluding hydrogens is 298 g/mol. The topological polar surface area (TPSA) is 48.1 Å². The van der Waals surface area contributed by atoms with Crippen molar-refractivity contribution < 1.29 is 4.79 Å². The molecule has 0 fully saturated rings. The van der Waals surface area contributed by atoms with Crippen LogP contribution in [-0.4, -0.2) is 41.5 Å². The van der Waals surface area contributed by atoms with Gasteiger partial charge < -0.3 is 15.2 Å². The molecule has 0 saturated heterocycles. The second-order valence-electron chi connectivity index (χ2n) is 6.95. The van der Waals surface area contributed by atoms with Gasteiger partial charge in [-0.1, -0.05) is 12.1 Å². The van der Waals surface area contributed by atoms with E-state index in [2.05, 4.69) is 41.6 Å². The summed E-state index contributed by atoms with van der Waals surface area (Å²) in [5.74, 6) is 0.175. The Morgan fingerprint density at radius 2 is 2.08 bits per heavy atom. The highest BCUT2D eigenvalue weighted by atomic mass is 16.2. The molecule has 4 rings (SSSR count). The second kappa shape index (κ2) is 5.78. The zero-order valence-corrected chi connectivity index (χ0v) is 14.6. The number of carbonyl (C=O) groups excluding carboxylic acids is 1. The van der Waals surface area contributed by atoms with E-state index in [4.69, 9.17) is 0 Å². The molecule has 2 aliphatic rings. The lowest BCUT2D eigenvalue weighted by Crippen LogP contribution is -2.46. The summed E-state index contributed by atoms with van der Waals surface area (Å²) in [7, 11) is 0. The Labute approximate surface area is 142 Å². The lowest BCUT2D eigenvalue weighted by molar-refractivity contribution is -0.133. The molecule has 1 aromatic heterocycles. The number of benzene rings is 1. The number of rotatable bonds is 3. The summed E-state index contributed by atoms with van der Waals surface area (Å²) in [5.41, 5.74) is 6.43. The summed E-state index contributed by atoms with van der Waals surface area (Å²) in [4.78, 5) is 18.1. The standard InChI is InChI=1S/C20H25N3O/c1-4-23(5-2)20(24)14-8-15-16-6-12(3)7-18-19(16)13(10-22-18)9-17(15)21-11-14/h6-8,10,14,17,21-22H,4-5,9,11H2,1-3H3. The van der Waals surface area contributed by atoms with Crippen LogP contribution in [0.4, 0.5) is 0 Å². The first-order valence-electron chi connectivity index (χ1n) is 8.97. The number of hydrogen-bond acceptors (Lipinski definition) is 2. The maximum Gasteiger partial charge on any atom is 0.230 e. The van der Waals surface area contributed by atoms with E-state index in [1.165, 1.54) is 33.2 Å². The van der Waals surface area contributed by atoms with E-state index >= 15 is 0 Å². The Bertz CT molecular complexity index is 829. The number of aryl methyl sites for hydroxylation is 1. The van der Waals surface area contributed by atoms with Gasteiger partial charge in [0.05, 0.1) is 5.92 Å². The van der Waals surface area contributed by atoms with E-state index < -0.39 is 0 Å². The van der Waals surface area contributed by atoms with Crippen molar-refractivity contribution in [2.24, 2.45) is 5.92 Å². The quantitative estimate of drug-likeness (QED) is 0.912. The molecule has 126 valence electrons. The van der Waals surface area contributed by atoms with Crippen molar-refractivity contribution in [2.75, 3.05) is 19.6 Å². The van der Waals surface area contributed by atoms with Crippen molar-refractivity contribution in [3.05, 3.63) is 41.1 Å². The van der Waals surface area contributed by atoms with Crippen molar-refractivity contribution in [3.63, 3.8) is 0 Å². The van der Waals surface area contributed by atoms with Gasteiger partial charge in [0.1, 0.15) is 0 Å². The summed E-state index contributed by atoms with van der Waals surface area (Å²) in [6, 6.07) is 4.79. The van der Waals surface area contributed by atoms with Crippen LogP contribution in [-0.2, 0) is 11.2 Å². The SMILES string of the molecule is CCN(CC)C(=O)C1C=C2c3cc(C)cc4[nH]cc(c34)CC2NC1. The highest BCUT2D eigenvalue weighted by Crippen LogP contribution is 2.39. The van der Waals surface area contributed by atoms with Crippen molar-refractivity contribution in [1.29, 1.82) is 0 Å². The maximum absolute atomic E-state index is 12.8. The average molecular weight is 323 g/mol. The van der Waals surface area contributed by atoms with Crippen LogP contribution >= 0.6 is 0 Å². The van der Waals surface area contributed by atoms with Crippen LogP contribution in [0.3, 0.4) is 0 Å². The first kappa shape index (κ1) is 15.5. The molecule has 0 spiro atoms. The molecule has 4 nitrogen and oxygen atoms in total. The van der Waals surface area contributed by atoms with Crippen LogP contribution in [0.25, 0.3) is 16.5 Å². The summed E-state index contributed by atoms with van der Waals surface area (Å²) < 4.78 is 0. The van der Waals surface area contributed by atoms with Crippen molar-refractivity contribution >= 4 is 22.4 Å². The molecule has 2 atom stereocenters. The molecule has 0 bridgehead atoms. The van der Waals surface area contributed by atoms with E-state index in [1.807, 2.05) is 18.7 Å². The minimum Gasteiger partial charge on any atom is -0.361 e. The summed E-state index contributed by atoms with van der Waals surface area (Å²) in [6.45, 7) is 8.51. The molecule has 0 radical (unpaired) electrons. The van der Waals surface area contributed by atoms with Crippen molar-refractivity contribution in [1.82, 2.24) is 15.2 Å². The number of nitrogens with one attached hydrogen (secondary N) is 2. The van der Waals surface area contributed by atoms with Crippen LogP contribution in [0.15, 0.2) is 24.4 Å². The van der Waals surface area contributed by atoms with E-state index in [0.29, 0.717) is 6.04 Å². The molecule has 4 heteroatoms. The number of carbonyl (C=O) groups is 1. The Kier molecular flexibility index (Phi) is 3.72. The molecule has 1 amide bonds. The summed E-state index contributed by atoms with van der Waals surface area (Å²) in [6.07, 6.45) is 5.36. The van der Waals surface area contributed by atoms with E-state index in [-0.39, 0.29) is 11.8 Å². The number of nitrogens with zero attached hydrogens (tertiary/aromatic N) is 1. The lowest BCUT2D eigenvalue weighted by Gasteiger charge is -2.35. The van der Waals surface area contributed by atoms with E-state index in [1.54, 1.807) is 0 Å². The lowest BCUT2D eigenvalue weighted by atomic mass is 9.80. The van der Waals surface area contributed by atoms with Gasteiger partial charge >= 0.3 is 0 Å². The van der Waals surface area contributed by atoms with Crippen LogP contribution < -0.4 is 5.32 Å². The molecule has 2 unspecified atom stereocenters. The van der Waals surface area contributed by atoms with Gasteiger partial charge in [-0.15, -0.1) is 0 Å². The molecule has 1 aliphatic heterocycles. The number of aromatic nitrogens is 1. The average Bonchev–Trinajstić information content (AvgIpc) is 2.99. The minimum absolute atomic E-state index is 0.0628. The largest absolute Gasteiger partial charge is 0.361 e. The van der Waals surface area contributed by atoms with Crippen LogP contribution in [0, 0.1) is 12.8 Å². The Morgan fingerprint density at radius 3 is 2.83 bits per heavy atom. The monoisotopic (exact) mass is 323 g/mol. The first-order valence-corrected chi connectivity index (χ1v) is 8.97. The molecule has 1 aliphatic carbocycles. The number of fused-ring (bicyclic) bond motifs is 2. The fourth-order valence-electron chi connectivity index (χ4n) is 4.25. The Hall–Kier alpha value is -2.07. The molecule has 1 aromatic carbocycles. The molecule has 2 heterocycles. The van der Waals surface area contributed by atoms with Crippen molar-refractivity contribution in [2.45, 2.75) is 33.2 Å². The molecular formula is C20H25N3O. The first-order chi connectivity index (χ1) is 11.6. The predicted octanol–water partition coefficient (Wildman–Crippen LogP) is 2.87. The van der Waals surface area contributed by atoms with Gasteiger partial charge in [0.25, 0.3) is 0 Å². The molecule has 2 aromatic rings. The van der Waals surface area contributed by atoms with E-state index in [9.17, 15) is 4.79 Å². The molecule has 2 N–H and O–H groups in total. The zero-order valence-electron chi connectivity index (χ0n) is 14.6. The third kappa shape index (κ3) is 2.28. The normalized spacial score (nSPS) is 22.2. The molecule has 24 heavy (non-hydrogen) atoms. The second-order valence-corrected chi connectivity index (χ2v) is 6.95. The highest BCUT2D eigenvalue weighted by molar-refractivity contribution is 5.99. The third-order valence-corrected chi connectivity index (χ3v) is 5.47. The number of H-pyrrole nitrogens is 1. The predicted molar refractivity (Wildman–Crippen MR) is 97.9 cm³/mol. The van der Waals surface area contributed by atoms with Crippen molar-refractivity contribution in [3.8, 4) is 0 Å². The Morgan fingerprint density at radius 1 is 1.29 bits per heavy atom. The van der Waals surface area contributed by atoms with Gasteiger partial charge in [-0.3, -0.25) is 4.79 Å². The summed E-state index contributed by atoms with van der Waals surface area (Å²) >= 11 is 0. The van der Waals surface area contributed by atoms with Gasteiger partial charge in [0.15, 0.2) is 0 Å². The van der Waals surface area contributed by atoms with Gasteiger partial charge in [0.2, 0.25) is 5.91 Å². The van der Waals surface area contributed by atoms with Gasteiger partial charge in [-0.2, -0.15) is 0 Å². The zero-order chi connectivity index (χ0) is 16.8. The maximum atomic E-state index is 12.8. The van der Waals surface area contributed by atoms with Gasteiger partial charge in [0, 0.05) is 42.8 Å². The summed E-state index contributed by atoms with van der Waals surface area (Å²) in [5, 5.41) is 4.95. The third-order valence-electron chi connectivity index (χ3n) is 5.47. The van der Waals surface area contributed by atoms with Gasteiger partial charge in [-0.05, 0) is 55.5 Å². The van der Waals surface area contributed by atoms with Crippen LogP contribution in [0.2, 0.25) is 0 Å². The molecule has 0 saturated carbocycles. The highest BCUT2D eigenvalue weighted by Gasteiger charge is 2.33. The minimum atomic E-state index is -0.0628. The smallest absolute Gasteiger partial charge is 0.230 e. The van der Waals surface area contributed by atoms with Crippen LogP contribution in [0.5, 0.6) is 0 Å². The van der Waals surface area contributed by atoms with Crippen LogP contribution in [0.1, 0.15) is 30.5 Å². The fourth-order valence-corrected chi connectivity index (χ4v) is 4.25. The number of aromatic amines is 1. The fraction of sp³-hybridized carbons (Fsp3) is 0.450. The number of hydrogen-bond donors (Lipinski definition) is 2. The Balaban J connectivity index is 1.79. The van der Waals surface area contributed by atoms with Gasteiger partial charge in [-0.25, -0.2) is 0 Å².